The molecule has 0 aromatic heterocycles. The van der Waals surface area contributed by atoms with Crippen LogP contribution in [0.1, 0.15) is 23.6 Å². The van der Waals surface area contributed by atoms with E-state index in [9.17, 15) is 8.42 Å². The first kappa shape index (κ1) is 15.5. The van der Waals surface area contributed by atoms with Gasteiger partial charge in [0.1, 0.15) is 10.7 Å². The summed E-state index contributed by atoms with van der Waals surface area (Å²) in [5, 5.41) is 3.15. The van der Waals surface area contributed by atoms with Gasteiger partial charge in [0.15, 0.2) is 0 Å². The van der Waals surface area contributed by atoms with Crippen molar-refractivity contribution in [3.8, 4) is 0 Å². The Hall–Kier alpha value is -2.40. The lowest BCUT2D eigenvalue weighted by Crippen LogP contribution is -2.12. The van der Waals surface area contributed by atoms with Gasteiger partial charge in [-0.3, -0.25) is 0 Å². The van der Waals surface area contributed by atoms with Gasteiger partial charge in [0.05, 0.1) is 0 Å². The van der Waals surface area contributed by atoms with E-state index in [0.29, 0.717) is 17.0 Å². The minimum atomic E-state index is -3.67. The van der Waals surface area contributed by atoms with E-state index in [1.807, 2.05) is 50.2 Å². The van der Waals surface area contributed by atoms with Gasteiger partial charge in [0.2, 0.25) is 0 Å². The predicted octanol–water partition coefficient (Wildman–Crippen LogP) is 3.89. The Morgan fingerprint density at radius 1 is 0.957 bits per heavy atom. The summed E-state index contributed by atoms with van der Waals surface area (Å²) in [6.45, 7) is 5.78. The van der Waals surface area contributed by atoms with Crippen molar-refractivity contribution in [2.24, 2.45) is 4.40 Å². The van der Waals surface area contributed by atoms with Gasteiger partial charge in [-0.05, 0) is 38.0 Å². The number of hydrogen-bond acceptors (Lipinski definition) is 3. The van der Waals surface area contributed by atoms with Crippen LogP contribution in [0.15, 0.2) is 58.5 Å². The standard InChI is InChI=1S/C18H18N2O2S/c1-12-9-10-16(13(2)11-12)19-18-14(3)17(23(21,22)20-18)15-7-5-4-6-8-15/h4-11H,1-3H3,(H,19,20). The Kier molecular flexibility index (Phi) is 3.82. The van der Waals surface area contributed by atoms with Gasteiger partial charge in [-0.15, -0.1) is 4.40 Å². The zero-order valence-corrected chi connectivity index (χ0v) is 14.1. The molecule has 0 spiro atoms. The third kappa shape index (κ3) is 2.92. The van der Waals surface area contributed by atoms with Crippen LogP contribution in [-0.4, -0.2) is 14.3 Å². The molecule has 2 aromatic rings. The highest BCUT2D eigenvalue weighted by Crippen LogP contribution is 2.33. The first-order valence-electron chi connectivity index (χ1n) is 7.34. The summed E-state index contributed by atoms with van der Waals surface area (Å²) in [7, 11) is -3.67. The molecule has 1 heterocycles. The molecule has 0 saturated carbocycles. The van der Waals surface area contributed by atoms with Crippen LogP contribution in [0.3, 0.4) is 0 Å². The summed E-state index contributed by atoms with van der Waals surface area (Å²) >= 11 is 0. The number of rotatable bonds is 2. The SMILES string of the molecule is CC1=C(c2ccccc2)S(=O)(=O)N=C1Nc1ccc(C)cc1C. The van der Waals surface area contributed by atoms with Gasteiger partial charge in [0, 0.05) is 11.3 Å². The van der Waals surface area contributed by atoms with Crippen molar-refractivity contribution in [1.29, 1.82) is 0 Å². The van der Waals surface area contributed by atoms with E-state index >= 15 is 0 Å². The van der Waals surface area contributed by atoms with Crippen LogP contribution in [0, 0.1) is 13.8 Å². The molecular formula is C18H18N2O2S. The minimum absolute atomic E-state index is 0.269. The van der Waals surface area contributed by atoms with E-state index in [-0.39, 0.29) is 4.91 Å². The Labute approximate surface area is 136 Å². The maximum Gasteiger partial charge on any atom is 0.285 e. The second-order valence-corrected chi connectivity index (χ2v) is 7.22. The molecule has 118 valence electrons. The van der Waals surface area contributed by atoms with E-state index in [2.05, 4.69) is 9.71 Å². The number of sulfonamides is 1. The number of anilines is 1. The van der Waals surface area contributed by atoms with Crippen LogP contribution in [0.4, 0.5) is 5.69 Å². The largest absolute Gasteiger partial charge is 0.339 e. The number of aryl methyl sites for hydroxylation is 2. The van der Waals surface area contributed by atoms with Crippen LogP contribution in [0.25, 0.3) is 4.91 Å². The summed E-state index contributed by atoms with van der Waals surface area (Å²) in [5.74, 6) is 0.385. The van der Waals surface area contributed by atoms with Gasteiger partial charge >= 0.3 is 0 Å². The van der Waals surface area contributed by atoms with Crippen molar-refractivity contribution in [3.63, 3.8) is 0 Å². The van der Waals surface area contributed by atoms with Crippen LogP contribution in [0.5, 0.6) is 0 Å². The van der Waals surface area contributed by atoms with E-state index < -0.39 is 10.0 Å². The Balaban J connectivity index is 2.03. The fourth-order valence-corrected chi connectivity index (χ4v) is 4.12. The Bertz CT molecular complexity index is 927. The van der Waals surface area contributed by atoms with Crippen LogP contribution in [-0.2, 0) is 10.0 Å². The number of nitrogens with one attached hydrogen (secondary N) is 1. The summed E-state index contributed by atoms with van der Waals surface area (Å²) < 4.78 is 28.8. The first-order valence-corrected chi connectivity index (χ1v) is 8.78. The summed E-state index contributed by atoms with van der Waals surface area (Å²) in [6.07, 6.45) is 0. The molecular weight excluding hydrogens is 308 g/mol. The molecule has 4 nitrogen and oxygen atoms in total. The molecule has 23 heavy (non-hydrogen) atoms. The quantitative estimate of drug-likeness (QED) is 0.911. The monoisotopic (exact) mass is 326 g/mol. The fourth-order valence-electron chi connectivity index (χ4n) is 2.69. The third-order valence-electron chi connectivity index (χ3n) is 3.84. The van der Waals surface area contributed by atoms with Crippen molar-refractivity contribution in [1.82, 2.24) is 0 Å². The predicted molar refractivity (Wildman–Crippen MR) is 94.9 cm³/mol. The molecule has 1 aliphatic heterocycles. The summed E-state index contributed by atoms with van der Waals surface area (Å²) in [6, 6.07) is 15.0. The van der Waals surface area contributed by atoms with E-state index in [4.69, 9.17) is 0 Å². The van der Waals surface area contributed by atoms with Gasteiger partial charge in [-0.1, -0.05) is 48.0 Å². The van der Waals surface area contributed by atoms with Crippen molar-refractivity contribution >= 4 is 26.5 Å². The molecule has 0 radical (unpaired) electrons. The average molecular weight is 326 g/mol. The van der Waals surface area contributed by atoms with E-state index in [1.165, 1.54) is 0 Å². The smallest absolute Gasteiger partial charge is 0.285 e. The number of benzene rings is 2. The maximum atomic E-state index is 12.4. The van der Waals surface area contributed by atoms with Gasteiger partial charge in [-0.25, -0.2) is 0 Å². The van der Waals surface area contributed by atoms with E-state index in [1.54, 1.807) is 19.1 Å². The Morgan fingerprint density at radius 2 is 1.65 bits per heavy atom. The molecule has 1 N–H and O–H groups in total. The molecule has 0 saturated heterocycles. The van der Waals surface area contributed by atoms with Crippen molar-refractivity contribution < 1.29 is 8.42 Å². The summed E-state index contributed by atoms with van der Waals surface area (Å²) in [4.78, 5) is 0.269. The van der Waals surface area contributed by atoms with Gasteiger partial charge in [-0.2, -0.15) is 8.42 Å². The molecule has 3 rings (SSSR count). The number of amidine groups is 1. The van der Waals surface area contributed by atoms with Crippen molar-refractivity contribution in [2.45, 2.75) is 20.8 Å². The van der Waals surface area contributed by atoms with Crippen LogP contribution < -0.4 is 5.32 Å². The first-order chi connectivity index (χ1) is 10.9. The second kappa shape index (κ2) is 5.66. The lowest BCUT2D eigenvalue weighted by Gasteiger charge is -2.10. The topological polar surface area (TPSA) is 58.5 Å². The highest BCUT2D eigenvalue weighted by molar-refractivity contribution is 8.00. The average Bonchev–Trinajstić information content (AvgIpc) is 2.72. The maximum absolute atomic E-state index is 12.4. The number of nitrogens with zero attached hydrogens (tertiary/aromatic N) is 1. The molecule has 0 aliphatic carbocycles. The van der Waals surface area contributed by atoms with Gasteiger partial charge < -0.3 is 5.32 Å². The van der Waals surface area contributed by atoms with Crippen molar-refractivity contribution in [2.75, 3.05) is 5.32 Å². The lowest BCUT2D eigenvalue weighted by molar-refractivity contribution is 0.608. The molecule has 0 amide bonds. The van der Waals surface area contributed by atoms with Gasteiger partial charge in [0.25, 0.3) is 10.0 Å². The highest BCUT2D eigenvalue weighted by atomic mass is 32.2. The Morgan fingerprint density at radius 3 is 2.30 bits per heavy atom. The van der Waals surface area contributed by atoms with Crippen LogP contribution in [0.2, 0.25) is 0 Å². The molecule has 2 aromatic carbocycles. The normalized spacial score (nSPS) is 16.4. The second-order valence-electron chi connectivity index (χ2n) is 5.68. The fraction of sp³-hybridized carbons (Fsp3) is 0.167. The highest BCUT2D eigenvalue weighted by Gasteiger charge is 2.31. The van der Waals surface area contributed by atoms with Crippen LogP contribution >= 0.6 is 0 Å². The van der Waals surface area contributed by atoms with Crippen molar-refractivity contribution in [3.05, 3.63) is 70.8 Å². The molecule has 0 fully saturated rings. The summed E-state index contributed by atoms with van der Waals surface area (Å²) in [5.41, 5.74) is 4.36. The molecule has 1 aliphatic rings. The third-order valence-corrected chi connectivity index (χ3v) is 5.32. The molecule has 0 bridgehead atoms. The number of hydrogen-bond donors (Lipinski definition) is 1. The van der Waals surface area contributed by atoms with E-state index in [0.717, 1.165) is 16.8 Å². The minimum Gasteiger partial charge on any atom is -0.339 e. The zero-order chi connectivity index (χ0) is 16.6. The molecule has 0 unspecified atom stereocenters. The zero-order valence-electron chi connectivity index (χ0n) is 13.3. The molecule has 0 atom stereocenters. The lowest BCUT2D eigenvalue weighted by atomic mass is 10.1. The molecule has 5 heteroatoms.